The lowest BCUT2D eigenvalue weighted by Crippen LogP contribution is -2.49. The van der Waals surface area contributed by atoms with Crippen molar-refractivity contribution in [1.82, 2.24) is 29.3 Å². The number of hydrogen-bond acceptors (Lipinski definition) is 6. The zero-order chi connectivity index (χ0) is 50.9. The van der Waals surface area contributed by atoms with Crippen LogP contribution in [0.4, 0.5) is 0 Å². The van der Waals surface area contributed by atoms with E-state index in [9.17, 15) is 15.0 Å². The molecule has 0 radical (unpaired) electrons. The van der Waals surface area contributed by atoms with Crippen molar-refractivity contribution in [2.24, 2.45) is 38.9 Å². The van der Waals surface area contributed by atoms with E-state index in [1.54, 1.807) is 0 Å². The molecule has 3 aromatic heterocycles. The van der Waals surface area contributed by atoms with Crippen LogP contribution in [0.3, 0.4) is 0 Å². The van der Waals surface area contributed by atoms with Crippen LogP contribution in [0, 0.1) is 17.8 Å². The Labute approximate surface area is 436 Å². The van der Waals surface area contributed by atoms with E-state index in [-0.39, 0.29) is 16.2 Å². The van der Waals surface area contributed by atoms with Crippen molar-refractivity contribution >= 4 is 5.78 Å². The zero-order valence-corrected chi connectivity index (χ0v) is 44.9. The largest absolute Gasteiger partial charge is 0.390 e. The molecule has 0 amide bonds. The van der Waals surface area contributed by atoms with Gasteiger partial charge in [0.1, 0.15) is 5.78 Å². The molecular weight excluding hydrogens is 901 g/mol. The molecule has 6 aliphatic rings. The molecule has 8 atom stereocenters. The normalized spacial score (nSPS) is 30.4. The summed E-state index contributed by atoms with van der Waals surface area (Å²) in [5, 5.41) is 35.9. The summed E-state index contributed by atoms with van der Waals surface area (Å²) in [5.74, 6) is 1.97. The summed E-state index contributed by atoms with van der Waals surface area (Å²) in [5.41, 5.74) is 12.1. The van der Waals surface area contributed by atoms with Crippen LogP contribution in [0.25, 0.3) is 0 Å². The van der Waals surface area contributed by atoms with Crippen molar-refractivity contribution in [1.29, 1.82) is 0 Å². The monoisotopic (exact) mass is 985 g/mol. The zero-order valence-electron chi connectivity index (χ0n) is 44.9. The molecule has 0 unspecified atom stereocenters. The van der Waals surface area contributed by atoms with Crippen LogP contribution in [-0.4, -0.2) is 56.5 Å². The Morgan fingerprint density at radius 2 is 0.822 bits per heavy atom. The number of nitrogens with zero attached hydrogens (tertiary/aromatic N) is 6. The number of rotatable bonds is 8. The first-order valence-corrected chi connectivity index (χ1v) is 28.4. The number of carbonyl (C=O) groups is 1. The van der Waals surface area contributed by atoms with Crippen molar-refractivity contribution in [3.63, 3.8) is 0 Å². The van der Waals surface area contributed by atoms with Gasteiger partial charge in [-0.2, -0.15) is 15.3 Å². The van der Waals surface area contributed by atoms with Gasteiger partial charge in [0, 0.05) is 67.3 Å². The van der Waals surface area contributed by atoms with Gasteiger partial charge in [0.25, 0.3) is 0 Å². The molecular formula is C64H84N6O3. The molecule has 6 aliphatic carbocycles. The fourth-order valence-corrected chi connectivity index (χ4v) is 16.1. The number of hydrogen-bond donors (Lipinski definition) is 2. The molecule has 0 saturated heterocycles. The molecule has 0 spiro atoms. The number of ketones is 1. The number of carbonyl (C=O) groups excluding carboxylic acids is 1. The van der Waals surface area contributed by atoms with E-state index in [2.05, 4.69) is 174 Å². The standard InChI is InChI=1S/2C22H30N2O.C20H24N2O/c2*1-3-21(25)12-13-22(14-17-8-5-4-6-9-17)19(15-21)11-7-10-18-16-23-24(2)20(18)22;1-22-19-16(14-21-22)8-5-9-17-12-18(23)10-11-20(17,19)13-15-6-3-2-4-7-15/h2*4-6,8-9,16,19,25H,3,7,10-15H2,1-2H3;2-4,6-7,14,17H,5,8-13H2,1H3/t19-,21+,22-;19-,21-,22-;17-,20-/m000/s1. The summed E-state index contributed by atoms with van der Waals surface area (Å²) < 4.78 is 6.35. The Morgan fingerprint density at radius 3 is 1.18 bits per heavy atom. The number of Topliss-reactive ketones (excluding diaryl/α,β-unsaturated/α-hetero) is 1. The van der Waals surface area contributed by atoms with Crippen LogP contribution < -0.4 is 0 Å². The lowest BCUT2D eigenvalue weighted by molar-refractivity contribution is -0.123. The van der Waals surface area contributed by atoms with E-state index in [4.69, 9.17) is 0 Å². The lowest BCUT2D eigenvalue weighted by Gasteiger charge is -2.50. The molecule has 73 heavy (non-hydrogen) atoms. The molecule has 9 nitrogen and oxygen atoms in total. The van der Waals surface area contributed by atoms with Gasteiger partial charge in [0.15, 0.2) is 0 Å². The average molecular weight is 985 g/mol. The summed E-state index contributed by atoms with van der Waals surface area (Å²) in [6.45, 7) is 4.27. The van der Waals surface area contributed by atoms with Crippen LogP contribution in [-0.2, 0) is 80.7 Å². The third kappa shape index (κ3) is 10.1. The highest BCUT2D eigenvalue weighted by Crippen LogP contribution is 2.56. The summed E-state index contributed by atoms with van der Waals surface area (Å²) in [6, 6.07) is 32.6. The highest BCUT2D eigenvalue weighted by atomic mass is 16.3. The summed E-state index contributed by atoms with van der Waals surface area (Å²) in [7, 11) is 6.29. The Hall–Kier alpha value is -5.12. The Kier molecular flexibility index (Phi) is 15.0. The van der Waals surface area contributed by atoms with Crippen molar-refractivity contribution in [3.05, 3.63) is 160 Å². The molecule has 6 aromatic rings. The van der Waals surface area contributed by atoms with Gasteiger partial charge in [-0.05, 0) is 186 Å². The number of aryl methyl sites for hydroxylation is 6. The maximum absolute atomic E-state index is 12.1. The second-order valence-corrected chi connectivity index (χ2v) is 24.0. The number of benzene rings is 3. The third-order valence-electron chi connectivity index (χ3n) is 19.9. The van der Waals surface area contributed by atoms with E-state index in [1.807, 2.05) is 0 Å². The van der Waals surface area contributed by atoms with Crippen LogP contribution in [0.1, 0.15) is 173 Å². The average Bonchev–Trinajstić information content (AvgIpc) is 3.99. The van der Waals surface area contributed by atoms with Gasteiger partial charge in [0.05, 0.1) is 29.8 Å². The number of aliphatic hydroxyl groups is 2. The molecule has 3 aromatic carbocycles. The second kappa shape index (κ2) is 21.2. The first-order valence-electron chi connectivity index (χ1n) is 28.4. The van der Waals surface area contributed by atoms with Crippen molar-refractivity contribution < 1.29 is 15.0 Å². The van der Waals surface area contributed by atoms with Crippen molar-refractivity contribution in [3.8, 4) is 0 Å². The summed E-state index contributed by atoms with van der Waals surface area (Å²) >= 11 is 0. The molecule has 12 rings (SSSR count). The predicted molar refractivity (Wildman–Crippen MR) is 291 cm³/mol. The van der Waals surface area contributed by atoms with Crippen molar-refractivity contribution in [2.75, 3.05) is 0 Å². The topological polar surface area (TPSA) is 111 Å². The Balaban J connectivity index is 0.000000126. The fraction of sp³-hybridized carbons (Fsp3) is 0.562. The third-order valence-corrected chi connectivity index (χ3v) is 19.9. The van der Waals surface area contributed by atoms with Gasteiger partial charge < -0.3 is 10.2 Å². The maximum atomic E-state index is 12.1. The van der Waals surface area contributed by atoms with Gasteiger partial charge >= 0.3 is 0 Å². The predicted octanol–water partition coefficient (Wildman–Crippen LogP) is 12.0. The van der Waals surface area contributed by atoms with E-state index < -0.39 is 11.2 Å². The van der Waals surface area contributed by atoms with Crippen LogP contribution in [0.15, 0.2) is 110 Å². The Bertz CT molecular complexity index is 2670. The molecule has 3 heterocycles. The first-order chi connectivity index (χ1) is 35.3. The van der Waals surface area contributed by atoms with E-state index in [1.165, 1.54) is 82.6 Å². The number of fused-ring (bicyclic) bond motifs is 9. The maximum Gasteiger partial charge on any atom is 0.133 e. The highest BCUT2D eigenvalue weighted by molar-refractivity contribution is 5.80. The second-order valence-electron chi connectivity index (χ2n) is 24.0. The molecule has 3 saturated carbocycles. The minimum absolute atomic E-state index is 0.0757. The van der Waals surface area contributed by atoms with Crippen LogP contribution in [0.5, 0.6) is 0 Å². The highest BCUT2D eigenvalue weighted by Gasteiger charge is 2.54. The Morgan fingerprint density at radius 1 is 0.479 bits per heavy atom. The molecule has 3 fully saturated rings. The van der Waals surface area contributed by atoms with Crippen LogP contribution in [0.2, 0.25) is 0 Å². The lowest BCUT2D eigenvalue weighted by atomic mass is 9.57. The van der Waals surface area contributed by atoms with Gasteiger partial charge in [-0.3, -0.25) is 18.8 Å². The van der Waals surface area contributed by atoms with Gasteiger partial charge in [-0.25, -0.2) is 0 Å². The number of aromatic nitrogens is 6. The molecule has 0 aliphatic heterocycles. The molecule has 388 valence electrons. The molecule has 9 heteroatoms. The first kappa shape index (κ1) is 51.4. The SMILES string of the molecule is CC[C@@]1(O)CC[C@@]2(Cc3ccccc3)c3c(cnn3C)CCC[C@H]2C1.CC[C@]1(O)CC[C@@]2(Cc3ccccc3)c3c(cnn3C)CCC[C@H]2C1.Cn1ncc2c1[C@]1(Cc3ccccc3)CCC(=O)C[C@@H]1CCC2. The minimum atomic E-state index is -0.478. The van der Waals surface area contributed by atoms with Gasteiger partial charge in [0.2, 0.25) is 0 Å². The molecule has 2 N–H and O–H groups in total. The summed E-state index contributed by atoms with van der Waals surface area (Å²) in [4.78, 5) is 12.1. The van der Waals surface area contributed by atoms with Gasteiger partial charge in [-0.15, -0.1) is 0 Å². The quantitative estimate of drug-likeness (QED) is 0.157. The van der Waals surface area contributed by atoms with E-state index in [0.29, 0.717) is 30.0 Å². The van der Waals surface area contributed by atoms with Gasteiger partial charge in [-0.1, -0.05) is 105 Å². The van der Waals surface area contributed by atoms with E-state index in [0.717, 1.165) is 109 Å². The fourth-order valence-electron chi connectivity index (χ4n) is 16.1. The summed E-state index contributed by atoms with van der Waals surface area (Å²) in [6.07, 6.45) is 29.9. The van der Waals surface area contributed by atoms with E-state index >= 15 is 0 Å². The smallest absolute Gasteiger partial charge is 0.133 e. The van der Waals surface area contributed by atoms with Crippen molar-refractivity contribution in [2.45, 2.75) is 189 Å². The van der Waals surface area contributed by atoms with Crippen LogP contribution >= 0.6 is 0 Å². The molecule has 0 bridgehead atoms. The minimum Gasteiger partial charge on any atom is -0.390 e.